The number of hydrogen-bond acceptors (Lipinski definition) is 5. The number of amides is 3. The fraction of sp³-hybridized carbons (Fsp3) is 0.375. The van der Waals surface area contributed by atoms with Crippen molar-refractivity contribution in [1.29, 1.82) is 0 Å². The molecule has 1 aliphatic rings. The van der Waals surface area contributed by atoms with Crippen LogP contribution in [0.25, 0.3) is 0 Å². The molecule has 127 valence electrons. The standard InChI is InChI=1S/C16H18N3O5/c1-2-18-8-9-19(15(22)14(18)21)24-16(23)17-13(11-20)10-12-6-4-3-5-7-12/h3-7,13H,2,8-10H2,1H3,(H,17,23)/t13-/m0/s1. The summed E-state index contributed by atoms with van der Waals surface area (Å²) in [6, 6.07) is 8.17. The van der Waals surface area contributed by atoms with E-state index < -0.39 is 23.9 Å². The van der Waals surface area contributed by atoms with Crippen molar-refractivity contribution in [2.45, 2.75) is 19.4 Å². The smallest absolute Gasteiger partial charge is 0.333 e. The Hall–Kier alpha value is -2.90. The van der Waals surface area contributed by atoms with Crippen molar-refractivity contribution in [2.24, 2.45) is 0 Å². The zero-order valence-corrected chi connectivity index (χ0v) is 13.2. The topological polar surface area (TPSA) is 96.0 Å². The summed E-state index contributed by atoms with van der Waals surface area (Å²) in [5.41, 5.74) is 0.842. The minimum atomic E-state index is -0.981. The van der Waals surface area contributed by atoms with E-state index in [1.807, 2.05) is 30.3 Å². The van der Waals surface area contributed by atoms with Crippen molar-refractivity contribution in [3.8, 4) is 0 Å². The summed E-state index contributed by atoms with van der Waals surface area (Å²) in [5.74, 6) is -1.63. The number of carbonyl (C=O) groups is 3. The minimum absolute atomic E-state index is 0.0833. The fourth-order valence-corrected chi connectivity index (χ4v) is 2.29. The molecule has 0 saturated carbocycles. The largest absolute Gasteiger partial charge is 0.432 e. The van der Waals surface area contributed by atoms with E-state index in [1.165, 1.54) is 4.90 Å². The van der Waals surface area contributed by atoms with Gasteiger partial charge in [0, 0.05) is 19.5 Å². The van der Waals surface area contributed by atoms with Gasteiger partial charge in [-0.05, 0) is 12.5 Å². The summed E-state index contributed by atoms with van der Waals surface area (Å²) in [6.07, 6.45) is 0.979. The van der Waals surface area contributed by atoms with Gasteiger partial charge in [-0.3, -0.25) is 14.4 Å². The first kappa shape index (κ1) is 17.5. The van der Waals surface area contributed by atoms with Gasteiger partial charge in [0.15, 0.2) is 0 Å². The lowest BCUT2D eigenvalue weighted by Crippen LogP contribution is -2.55. The molecular formula is C16H18N3O5. The van der Waals surface area contributed by atoms with E-state index in [9.17, 15) is 19.2 Å². The monoisotopic (exact) mass is 332 g/mol. The normalized spacial score (nSPS) is 15.9. The van der Waals surface area contributed by atoms with Crippen LogP contribution in [-0.2, 0) is 25.6 Å². The van der Waals surface area contributed by atoms with Crippen LogP contribution in [0.3, 0.4) is 0 Å². The maximum absolute atomic E-state index is 11.8. The maximum atomic E-state index is 11.8. The lowest BCUT2D eigenvalue weighted by molar-refractivity contribution is -0.182. The lowest BCUT2D eigenvalue weighted by atomic mass is 10.1. The van der Waals surface area contributed by atoms with Crippen LogP contribution in [0.15, 0.2) is 30.3 Å². The number of rotatable bonds is 6. The van der Waals surface area contributed by atoms with Crippen molar-refractivity contribution in [1.82, 2.24) is 15.3 Å². The minimum Gasteiger partial charge on any atom is -0.333 e. The molecule has 0 aliphatic carbocycles. The first-order chi connectivity index (χ1) is 11.5. The van der Waals surface area contributed by atoms with Crippen LogP contribution in [0.5, 0.6) is 0 Å². The lowest BCUT2D eigenvalue weighted by Gasteiger charge is -2.31. The highest BCUT2D eigenvalue weighted by atomic mass is 16.7. The van der Waals surface area contributed by atoms with Gasteiger partial charge in [0.1, 0.15) is 6.04 Å². The number of hydrogen-bond donors (Lipinski definition) is 1. The Kier molecular flexibility index (Phi) is 5.89. The van der Waals surface area contributed by atoms with E-state index in [-0.39, 0.29) is 19.5 Å². The predicted octanol–water partition coefficient (Wildman–Crippen LogP) is 0.0393. The molecule has 1 fully saturated rings. The Balaban J connectivity index is 1.89. The van der Waals surface area contributed by atoms with Gasteiger partial charge in [-0.25, -0.2) is 4.79 Å². The van der Waals surface area contributed by atoms with Crippen molar-refractivity contribution in [2.75, 3.05) is 19.6 Å². The van der Waals surface area contributed by atoms with Gasteiger partial charge in [-0.1, -0.05) is 30.3 Å². The van der Waals surface area contributed by atoms with Crippen LogP contribution in [0.2, 0.25) is 0 Å². The van der Waals surface area contributed by atoms with Crippen molar-refractivity contribution in [3.63, 3.8) is 0 Å². The number of likely N-dealkylation sites (N-methyl/N-ethyl adjacent to an activating group) is 1. The first-order valence-electron chi connectivity index (χ1n) is 7.56. The Bertz CT molecular complexity index is 619. The highest BCUT2D eigenvalue weighted by molar-refractivity contribution is 6.35. The van der Waals surface area contributed by atoms with Crippen molar-refractivity contribution >= 4 is 24.2 Å². The van der Waals surface area contributed by atoms with Crippen molar-refractivity contribution in [3.05, 3.63) is 35.9 Å². The van der Waals surface area contributed by atoms with Gasteiger partial charge >= 0.3 is 17.9 Å². The maximum Gasteiger partial charge on any atom is 0.432 e. The number of carbonyl (C=O) groups excluding carboxylic acids is 4. The summed E-state index contributed by atoms with van der Waals surface area (Å²) >= 11 is 0. The van der Waals surface area contributed by atoms with E-state index in [2.05, 4.69) is 5.32 Å². The Morgan fingerprint density at radius 3 is 2.58 bits per heavy atom. The zero-order valence-electron chi connectivity index (χ0n) is 13.2. The molecule has 1 aromatic rings. The second-order valence-electron chi connectivity index (χ2n) is 5.18. The van der Waals surface area contributed by atoms with Gasteiger partial charge < -0.3 is 15.1 Å². The quantitative estimate of drug-likeness (QED) is 0.742. The molecule has 1 aliphatic heterocycles. The summed E-state index contributed by atoms with van der Waals surface area (Å²) in [6.45, 7) is 2.52. The molecule has 0 bridgehead atoms. The van der Waals surface area contributed by atoms with E-state index in [0.29, 0.717) is 11.6 Å². The number of nitrogens with zero attached hydrogens (tertiary/aromatic N) is 2. The first-order valence-corrected chi connectivity index (χ1v) is 7.56. The summed E-state index contributed by atoms with van der Waals surface area (Å²) < 4.78 is 0. The average molecular weight is 332 g/mol. The van der Waals surface area contributed by atoms with Gasteiger partial charge in [-0.2, -0.15) is 5.06 Å². The number of benzene rings is 1. The highest BCUT2D eigenvalue weighted by Crippen LogP contribution is 2.06. The van der Waals surface area contributed by atoms with E-state index >= 15 is 0 Å². The van der Waals surface area contributed by atoms with Crippen LogP contribution in [0.4, 0.5) is 4.79 Å². The molecule has 0 unspecified atom stereocenters. The molecule has 0 spiro atoms. The molecule has 1 radical (unpaired) electrons. The van der Waals surface area contributed by atoms with Crippen molar-refractivity contribution < 1.29 is 24.0 Å². The molecule has 8 heteroatoms. The number of nitrogens with one attached hydrogen (secondary N) is 1. The zero-order chi connectivity index (χ0) is 17.5. The van der Waals surface area contributed by atoms with Gasteiger partial charge in [0.25, 0.3) is 0 Å². The second-order valence-corrected chi connectivity index (χ2v) is 5.18. The molecular weight excluding hydrogens is 314 g/mol. The fourth-order valence-electron chi connectivity index (χ4n) is 2.29. The summed E-state index contributed by atoms with van der Waals surface area (Å²) in [4.78, 5) is 52.6. The summed E-state index contributed by atoms with van der Waals surface area (Å²) in [5, 5.41) is 3.02. The van der Waals surface area contributed by atoms with E-state index in [1.54, 1.807) is 13.2 Å². The molecule has 1 aromatic carbocycles. The SMILES string of the molecule is CCN1CCN(OC(=O)N[C@H]([C]=O)Cc2ccccc2)C(=O)C1=O. The number of piperazine rings is 1. The highest BCUT2D eigenvalue weighted by Gasteiger charge is 2.34. The van der Waals surface area contributed by atoms with E-state index in [4.69, 9.17) is 4.84 Å². The van der Waals surface area contributed by atoms with Gasteiger partial charge in [0.05, 0.1) is 6.54 Å². The third kappa shape index (κ3) is 4.31. The number of hydroxylamine groups is 2. The van der Waals surface area contributed by atoms with Gasteiger partial charge in [-0.15, -0.1) is 0 Å². The molecule has 1 atom stereocenters. The third-order valence-corrected chi connectivity index (χ3v) is 3.56. The molecule has 2 rings (SSSR count). The Labute approximate surface area is 139 Å². The van der Waals surface area contributed by atoms with Crippen LogP contribution in [0.1, 0.15) is 12.5 Å². The van der Waals surface area contributed by atoms with Gasteiger partial charge in [0.2, 0.25) is 6.29 Å². The predicted molar refractivity (Wildman–Crippen MR) is 83.2 cm³/mol. The van der Waals surface area contributed by atoms with E-state index in [0.717, 1.165) is 5.56 Å². The average Bonchev–Trinajstić information content (AvgIpc) is 2.59. The molecule has 24 heavy (non-hydrogen) atoms. The second kappa shape index (κ2) is 8.09. The van der Waals surface area contributed by atoms with Crippen LogP contribution in [0, 0.1) is 0 Å². The molecule has 3 amide bonds. The van der Waals surface area contributed by atoms with Crippen LogP contribution < -0.4 is 5.32 Å². The molecule has 1 N–H and O–H groups in total. The molecule has 8 nitrogen and oxygen atoms in total. The molecule has 1 heterocycles. The summed E-state index contributed by atoms with van der Waals surface area (Å²) in [7, 11) is 0. The molecule has 0 aromatic heterocycles. The van der Waals surface area contributed by atoms with Crippen LogP contribution in [-0.4, -0.2) is 59.8 Å². The molecule has 1 saturated heterocycles. The Morgan fingerprint density at radius 1 is 1.25 bits per heavy atom. The Morgan fingerprint density at radius 2 is 1.96 bits per heavy atom. The van der Waals surface area contributed by atoms with Crippen LogP contribution >= 0.6 is 0 Å². The third-order valence-electron chi connectivity index (χ3n) is 3.56.